The van der Waals surface area contributed by atoms with Crippen molar-refractivity contribution in [3.8, 4) is 0 Å². The third kappa shape index (κ3) is 8.17. The summed E-state index contributed by atoms with van der Waals surface area (Å²) in [7, 11) is 0. The van der Waals surface area contributed by atoms with Gasteiger partial charge in [-0.05, 0) is 18.5 Å². The molecule has 4 heteroatoms. The van der Waals surface area contributed by atoms with Gasteiger partial charge in [0.25, 0.3) is 0 Å². The fraction of sp³-hybridized carbons (Fsp3) is 0.250. The van der Waals surface area contributed by atoms with Crippen LogP contribution >= 0.6 is 0 Å². The molecule has 66 valence electrons. The van der Waals surface area contributed by atoms with Crippen LogP contribution < -0.4 is 53.7 Å². The molecular formula is C8H11I2NPb. The molecule has 1 nitrogen and oxygen atoms in total. The summed E-state index contributed by atoms with van der Waals surface area (Å²) in [6.07, 6.45) is 0.987. The molecular weight excluding hydrogens is 571 g/mol. The quantitative estimate of drug-likeness (QED) is 0.274. The fourth-order valence-corrected chi connectivity index (χ4v) is 0.811. The Hall–Kier alpha value is 1.56. The Kier molecular flexibility index (Phi) is 20.1. The number of rotatable bonds is 2. The average Bonchev–Trinajstić information content (AvgIpc) is 1.91. The van der Waals surface area contributed by atoms with Gasteiger partial charge in [0.15, 0.2) is 0 Å². The maximum absolute atomic E-state index is 5.36. The second-order valence-corrected chi connectivity index (χ2v) is 2.02. The van der Waals surface area contributed by atoms with E-state index in [0.29, 0.717) is 0 Å². The van der Waals surface area contributed by atoms with Gasteiger partial charge in [-0.1, -0.05) is 30.3 Å². The predicted molar refractivity (Wildman–Crippen MR) is 45.0 cm³/mol. The van der Waals surface area contributed by atoms with Gasteiger partial charge in [0.1, 0.15) is 0 Å². The first-order chi connectivity index (χ1) is 4.43. The Morgan fingerprint density at radius 2 is 1.50 bits per heavy atom. The van der Waals surface area contributed by atoms with Crippen molar-refractivity contribution in [2.24, 2.45) is 5.73 Å². The van der Waals surface area contributed by atoms with E-state index in [-0.39, 0.29) is 75.3 Å². The van der Waals surface area contributed by atoms with Crippen LogP contribution in [0.2, 0.25) is 0 Å². The van der Waals surface area contributed by atoms with E-state index in [2.05, 4.69) is 12.1 Å². The van der Waals surface area contributed by atoms with Crippen LogP contribution in [0.5, 0.6) is 0 Å². The Morgan fingerprint density at radius 3 is 1.92 bits per heavy atom. The van der Waals surface area contributed by atoms with Gasteiger partial charge < -0.3 is 53.7 Å². The molecule has 0 heterocycles. The van der Waals surface area contributed by atoms with Gasteiger partial charge in [-0.3, -0.25) is 0 Å². The van der Waals surface area contributed by atoms with Crippen molar-refractivity contribution in [3.05, 3.63) is 35.9 Å². The van der Waals surface area contributed by atoms with E-state index < -0.39 is 0 Å². The number of nitrogens with two attached hydrogens (primary N) is 1. The number of benzene rings is 1. The molecule has 0 aliphatic heterocycles. The van der Waals surface area contributed by atoms with Gasteiger partial charge in [0.2, 0.25) is 0 Å². The molecule has 0 saturated heterocycles. The standard InChI is InChI=1S/C8H11N.2HI.Pb/c9-7-6-8-4-2-1-3-5-8;;;/h1-5H,6-7,9H2;2*1H;/q;;;+2/p-2. The molecule has 0 bridgehead atoms. The van der Waals surface area contributed by atoms with Gasteiger partial charge in [-0.15, -0.1) is 0 Å². The molecule has 1 aromatic rings. The minimum atomic E-state index is 0. The van der Waals surface area contributed by atoms with Crippen molar-refractivity contribution in [2.75, 3.05) is 6.54 Å². The SMILES string of the molecule is NCCc1ccccc1.[I-].[I-].[Pb+2]. The second kappa shape index (κ2) is 12.6. The monoisotopic (exact) mass is 583 g/mol. The van der Waals surface area contributed by atoms with E-state index in [4.69, 9.17) is 5.73 Å². The molecule has 0 amide bonds. The summed E-state index contributed by atoms with van der Waals surface area (Å²) in [5.41, 5.74) is 6.68. The minimum Gasteiger partial charge on any atom is -1.00 e. The smallest absolute Gasteiger partial charge is 1.00 e. The maximum Gasteiger partial charge on any atom is 2.00 e. The molecule has 1 rings (SSSR count). The van der Waals surface area contributed by atoms with Gasteiger partial charge >= 0.3 is 27.3 Å². The topological polar surface area (TPSA) is 26.0 Å². The summed E-state index contributed by atoms with van der Waals surface area (Å²) in [5.74, 6) is 0. The molecule has 0 aromatic heterocycles. The van der Waals surface area contributed by atoms with Crippen LogP contribution in [-0.2, 0) is 6.42 Å². The van der Waals surface area contributed by atoms with Crippen molar-refractivity contribution in [3.63, 3.8) is 0 Å². The number of halogens is 2. The zero-order chi connectivity index (χ0) is 6.53. The van der Waals surface area contributed by atoms with E-state index in [0.717, 1.165) is 13.0 Å². The van der Waals surface area contributed by atoms with Crippen molar-refractivity contribution in [1.82, 2.24) is 0 Å². The van der Waals surface area contributed by atoms with E-state index in [9.17, 15) is 0 Å². The summed E-state index contributed by atoms with van der Waals surface area (Å²) in [5, 5.41) is 0. The molecule has 0 aliphatic carbocycles. The first-order valence-electron chi connectivity index (χ1n) is 3.17. The van der Waals surface area contributed by atoms with Crippen LogP contribution in [0.3, 0.4) is 0 Å². The Morgan fingerprint density at radius 1 is 1.00 bits per heavy atom. The zero-order valence-corrected chi connectivity index (χ0v) is 14.8. The van der Waals surface area contributed by atoms with Crippen molar-refractivity contribution >= 4 is 27.3 Å². The predicted octanol–water partition coefficient (Wildman–Crippen LogP) is -5.18. The maximum atomic E-state index is 5.36. The first kappa shape index (κ1) is 19.2. The molecule has 0 saturated carbocycles. The van der Waals surface area contributed by atoms with Gasteiger partial charge in [-0.2, -0.15) is 0 Å². The summed E-state index contributed by atoms with van der Waals surface area (Å²) >= 11 is 0. The molecule has 0 spiro atoms. The summed E-state index contributed by atoms with van der Waals surface area (Å²) in [6.45, 7) is 0.740. The Balaban J connectivity index is -0.000000270. The molecule has 12 heavy (non-hydrogen) atoms. The van der Waals surface area contributed by atoms with E-state index in [1.165, 1.54) is 5.56 Å². The third-order valence-corrected chi connectivity index (χ3v) is 1.28. The van der Waals surface area contributed by atoms with Crippen molar-refractivity contribution in [1.29, 1.82) is 0 Å². The van der Waals surface area contributed by atoms with Crippen LogP contribution in [0, 0.1) is 0 Å². The molecule has 0 aliphatic rings. The second-order valence-electron chi connectivity index (χ2n) is 2.02. The zero-order valence-electron chi connectivity index (χ0n) is 6.63. The average molecular weight is 582 g/mol. The third-order valence-electron chi connectivity index (χ3n) is 1.28. The molecule has 2 radical (unpaired) electrons. The molecule has 1 aromatic carbocycles. The van der Waals surface area contributed by atoms with Crippen LogP contribution in [-0.4, -0.2) is 33.8 Å². The molecule has 2 N–H and O–H groups in total. The van der Waals surface area contributed by atoms with Gasteiger partial charge in [-0.25, -0.2) is 0 Å². The Labute approximate surface area is 128 Å². The van der Waals surface area contributed by atoms with Crippen LogP contribution in [0.25, 0.3) is 0 Å². The molecule has 0 atom stereocenters. The van der Waals surface area contributed by atoms with Gasteiger partial charge in [0, 0.05) is 0 Å². The summed E-state index contributed by atoms with van der Waals surface area (Å²) in [6, 6.07) is 10.3. The van der Waals surface area contributed by atoms with Crippen molar-refractivity contribution < 1.29 is 48.0 Å². The summed E-state index contributed by atoms with van der Waals surface area (Å²) < 4.78 is 0. The fourth-order valence-electron chi connectivity index (χ4n) is 0.811. The molecule has 0 unspecified atom stereocenters. The van der Waals surface area contributed by atoms with E-state index in [1.807, 2.05) is 18.2 Å². The Bertz CT molecular complexity index is 170. The van der Waals surface area contributed by atoms with E-state index >= 15 is 0 Å². The largest absolute Gasteiger partial charge is 2.00 e. The van der Waals surface area contributed by atoms with Crippen LogP contribution in [0.15, 0.2) is 30.3 Å². The van der Waals surface area contributed by atoms with Gasteiger partial charge in [0.05, 0.1) is 0 Å². The minimum absolute atomic E-state index is 0. The van der Waals surface area contributed by atoms with Crippen LogP contribution in [0.1, 0.15) is 5.56 Å². The molecule has 0 fully saturated rings. The van der Waals surface area contributed by atoms with E-state index in [1.54, 1.807) is 0 Å². The number of hydrogen-bond acceptors (Lipinski definition) is 1. The normalized spacial score (nSPS) is 7.08. The first-order valence-corrected chi connectivity index (χ1v) is 3.17. The van der Waals surface area contributed by atoms with Crippen LogP contribution in [0.4, 0.5) is 0 Å². The van der Waals surface area contributed by atoms with Crippen molar-refractivity contribution in [2.45, 2.75) is 6.42 Å². The number of hydrogen-bond donors (Lipinski definition) is 1. The summed E-state index contributed by atoms with van der Waals surface area (Å²) in [4.78, 5) is 0.